The van der Waals surface area contributed by atoms with E-state index >= 15 is 0 Å². The van der Waals surface area contributed by atoms with E-state index in [4.69, 9.17) is 0 Å². The molecule has 0 radical (unpaired) electrons. The summed E-state index contributed by atoms with van der Waals surface area (Å²) in [6.45, 7) is 6.87. The molecule has 0 aromatic heterocycles. The van der Waals surface area contributed by atoms with Crippen LogP contribution in [0.15, 0.2) is 0 Å². The molecule has 2 heterocycles. The molecule has 0 aliphatic carbocycles. The maximum absolute atomic E-state index is 12.6. The fraction of sp³-hybridized carbons (Fsp3) is 0.867. The first kappa shape index (κ1) is 15.3. The molecule has 2 amide bonds. The SMILES string of the molecule is CCCC1NC(=O)C(CC)N(CC2CCN(C)C2)C1=O. The monoisotopic (exact) mass is 281 g/mol. The first-order valence-electron chi connectivity index (χ1n) is 7.86. The molecule has 2 fully saturated rings. The first-order valence-corrected chi connectivity index (χ1v) is 7.86. The average Bonchev–Trinajstić information content (AvgIpc) is 2.81. The van der Waals surface area contributed by atoms with Gasteiger partial charge in [-0.15, -0.1) is 0 Å². The van der Waals surface area contributed by atoms with Crippen molar-refractivity contribution in [2.45, 2.75) is 51.6 Å². The summed E-state index contributed by atoms with van der Waals surface area (Å²) < 4.78 is 0. The molecule has 2 aliphatic rings. The molecule has 0 aromatic rings. The van der Waals surface area contributed by atoms with Gasteiger partial charge < -0.3 is 15.1 Å². The quantitative estimate of drug-likeness (QED) is 0.812. The van der Waals surface area contributed by atoms with Gasteiger partial charge in [0, 0.05) is 13.1 Å². The highest BCUT2D eigenvalue weighted by Gasteiger charge is 2.40. The standard InChI is InChI=1S/C15H27N3O2/c1-4-6-12-15(20)18(13(5-2)14(19)16-12)10-11-7-8-17(3)9-11/h11-13H,4-10H2,1-3H3,(H,16,19). The van der Waals surface area contributed by atoms with Crippen LogP contribution in [-0.2, 0) is 9.59 Å². The Morgan fingerprint density at radius 2 is 2.05 bits per heavy atom. The van der Waals surface area contributed by atoms with Crippen molar-refractivity contribution in [2.24, 2.45) is 5.92 Å². The summed E-state index contributed by atoms with van der Waals surface area (Å²) in [5, 5.41) is 2.89. The summed E-state index contributed by atoms with van der Waals surface area (Å²) in [5.74, 6) is 0.649. The Labute approximate surface area is 121 Å². The molecule has 2 rings (SSSR count). The van der Waals surface area contributed by atoms with E-state index in [9.17, 15) is 9.59 Å². The molecule has 3 unspecified atom stereocenters. The van der Waals surface area contributed by atoms with Gasteiger partial charge in [-0.1, -0.05) is 20.3 Å². The van der Waals surface area contributed by atoms with Gasteiger partial charge in [0.05, 0.1) is 0 Å². The lowest BCUT2D eigenvalue weighted by Gasteiger charge is -2.40. The number of nitrogens with zero attached hydrogens (tertiary/aromatic N) is 2. The van der Waals surface area contributed by atoms with Gasteiger partial charge in [-0.05, 0) is 38.8 Å². The van der Waals surface area contributed by atoms with Crippen LogP contribution in [0.1, 0.15) is 39.5 Å². The van der Waals surface area contributed by atoms with Crippen molar-refractivity contribution in [3.63, 3.8) is 0 Å². The van der Waals surface area contributed by atoms with Crippen LogP contribution < -0.4 is 5.32 Å². The fourth-order valence-corrected chi connectivity index (χ4v) is 3.39. The second-order valence-electron chi connectivity index (χ2n) is 6.18. The number of hydrogen-bond acceptors (Lipinski definition) is 3. The van der Waals surface area contributed by atoms with E-state index in [1.165, 1.54) is 0 Å². The number of carbonyl (C=O) groups is 2. The third-order valence-electron chi connectivity index (χ3n) is 4.48. The molecule has 2 aliphatic heterocycles. The number of amides is 2. The maximum Gasteiger partial charge on any atom is 0.245 e. The van der Waals surface area contributed by atoms with Crippen molar-refractivity contribution in [1.29, 1.82) is 0 Å². The number of hydrogen-bond donors (Lipinski definition) is 1. The van der Waals surface area contributed by atoms with Crippen LogP contribution in [0.3, 0.4) is 0 Å². The Kier molecular flexibility index (Phi) is 5.02. The van der Waals surface area contributed by atoms with Gasteiger partial charge >= 0.3 is 0 Å². The van der Waals surface area contributed by atoms with E-state index in [2.05, 4.69) is 17.3 Å². The van der Waals surface area contributed by atoms with Crippen LogP contribution in [0.4, 0.5) is 0 Å². The zero-order chi connectivity index (χ0) is 14.7. The zero-order valence-electron chi connectivity index (χ0n) is 12.9. The number of rotatable bonds is 5. The third kappa shape index (κ3) is 3.14. The fourth-order valence-electron chi connectivity index (χ4n) is 3.39. The van der Waals surface area contributed by atoms with E-state index in [1.54, 1.807) is 0 Å². The van der Waals surface area contributed by atoms with E-state index < -0.39 is 0 Å². The predicted octanol–water partition coefficient (Wildman–Crippen LogP) is 0.844. The van der Waals surface area contributed by atoms with Crippen LogP contribution in [-0.4, -0.2) is 60.4 Å². The summed E-state index contributed by atoms with van der Waals surface area (Å²) >= 11 is 0. The number of carbonyl (C=O) groups excluding carboxylic acids is 2. The van der Waals surface area contributed by atoms with E-state index in [0.717, 1.165) is 38.9 Å². The largest absolute Gasteiger partial charge is 0.343 e. The highest BCUT2D eigenvalue weighted by molar-refractivity contribution is 5.96. The normalized spacial score (nSPS) is 31.8. The van der Waals surface area contributed by atoms with Crippen LogP contribution in [0.25, 0.3) is 0 Å². The van der Waals surface area contributed by atoms with Crippen LogP contribution in [0.2, 0.25) is 0 Å². The highest BCUT2D eigenvalue weighted by Crippen LogP contribution is 2.22. The van der Waals surface area contributed by atoms with Gasteiger partial charge in [0.25, 0.3) is 0 Å². The zero-order valence-corrected chi connectivity index (χ0v) is 12.9. The Morgan fingerprint density at radius 1 is 1.30 bits per heavy atom. The molecule has 20 heavy (non-hydrogen) atoms. The topological polar surface area (TPSA) is 52.7 Å². The predicted molar refractivity (Wildman–Crippen MR) is 78.2 cm³/mol. The molecule has 114 valence electrons. The summed E-state index contributed by atoms with van der Waals surface area (Å²) in [6.07, 6.45) is 3.46. The lowest BCUT2D eigenvalue weighted by molar-refractivity contribution is -0.150. The van der Waals surface area contributed by atoms with Gasteiger partial charge in [-0.3, -0.25) is 9.59 Å². The van der Waals surface area contributed by atoms with Crippen molar-refractivity contribution >= 4 is 11.8 Å². The summed E-state index contributed by atoms with van der Waals surface area (Å²) in [5.41, 5.74) is 0. The summed E-state index contributed by atoms with van der Waals surface area (Å²) in [7, 11) is 2.11. The van der Waals surface area contributed by atoms with Crippen LogP contribution in [0, 0.1) is 5.92 Å². The molecule has 0 bridgehead atoms. The smallest absolute Gasteiger partial charge is 0.245 e. The van der Waals surface area contributed by atoms with Gasteiger partial charge in [0.1, 0.15) is 12.1 Å². The second kappa shape index (κ2) is 6.57. The molecular formula is C15H27N3O2. The molecule has 3 atom stereocenters. The van der Waals surface area contributed by atoms with Crippen molar-refractivity contribution in [3.05, 3.63) is 0 Å². The van der Waals surface area contributed by atoms with E-state index in [-0.39, 0.29) is 23.9 Å². The lowest BCUT2D eigenvalue weighted by atomic mass is 9.99. The minimum Gasteiger partial charge on any atom is -0.343 e. The highest BCUT2D eigenvalue weighted by atomic mass is 16.2. The summed E-state index contributed by atoms with van der Waals surface area (Å²) in [4.78, 5) is 28.9. The Hall–Kier alpha value is -1.10. The third-order valence-corrected chi connectivity index (χ3v) is 4.48. The van der Waals surface area contributed by atoms with Crippen molar-refractivity contribution in [1.82, 2.24) is 15.1 Å². The van der Waals surface area contributed by atoms with Gasteiger partial charge in [0.15, 0.2) is 0 Å². The van der Waals surface area contributed by atoms with Crippen LogP contribution in [0.5, 0.6) is 0 Å². The van der Waals surface area contributed by atoms with Gasteiger partial charge in [-0.2, -0.15) is 0 Å². The Bertz CT molecular complexity index is 372. The molecule has 2 saturated heterocycles. The second-order valence-corrected chi connectivity index (χ2v) is 6.18. The molecular weight excluding hydrogens is 254 g/mol. The van der Waals surface area contributed by atoms with Gasteiger partial charge in [0.2, 0.25) is 11.8 Å². The van der Waals surface area contributed by atoms with Crippen molar-refractivity contribution < 1.29 is 9.59 Å². The summed E-state index contributed by atoms with van der Waals surface area (Å²) in [6, 6.07) is -0.587. The van der Waals surface area contributed by atoms with Crippen LogP contribution >= 0.6 is 0 Å². The van der Waals surface area contributed by atoms with E-state index in [0.29, 0.717) is 12.3 Å². The van der Waals surface area contributed by atoms with Crippen molar-refractivity contribution in [2.75, 3.05) is 26.7 Å². The average molecular weight is 281 g/mol. The Balaban J connectivity index is 2.07. The van der Waals surface area contributed by atoms with E-state index in [1.807, 2.05) is 18.7 Å². The van der Waals surface area contributed by atoms with Gasteiger partial charge in [-0.25, -0.2) is 0 Å². The minimum atomic E-state index is -0.311. The molecule has 5 nitrogen and oxygen atoms in total. The Morgan fingerprint density at radius 3 is 2.60 bits per heavy atom. The first-order chi connectivity index (χ1) is 9.56. The molecule has 1 N–H and O–H groups in total. The lowest BCUT2D eigenvalue weighted by Crippen LogP contribution is -2.63. The maximum atomic E-state index is 12.6. The molecule has 5 heteroatoms. The molecule has 0 aromatic carbocycles. The minimum absolute atomic E-state index is 0.0249. The number of piperazine rings is 1. The number of nitrogens with one attached hydrogen (secondary N) is 1. The number of likely N-dealkylation sites (tertiary alicyclic amines) is 1. The molecule has 0 spiro atoms. The van der Waals surface area contributed by atoms with Crippen molar-refractivity contribution in [3.8, 4) is 0 Å². The molecule has 0 saturated carbocycles.